The van der Waals surface area contributed by atoms with Crippen LogP contribution in [0.25, 0.3) is 10.9 Å². The third-order valence-electron chi connectivity index (χ3n) is 4.53. The number of halogens is 1. The lowest BCUT2D eigenvalue weighted by molar-refractivity contribution is 0.0729. The molecule has 4 rings (SSSR count). The van der Waals surface area contributed by atoms with Crippen LogP contribution >= 0.6 is 15.9 Å². The van der Waals surface area contributed by atoms with E-state index in [-0.39, 0.29) is 5.91 Å². The lowest BCUT2D eigenvalue weighted by Gasteiger charge is -2.28. The second kappa shape index (κ2) is 5.98. The molecule has 1 aromatic heterocycles. The minimum Gasteiger partial charge on any atom is -0.497 e. The van der Waals surface area contributed by atoms with Gasteiger partial charge in [-0.15, -0.1) is 0 Å². The molecular formula is C19H17BrN2O2. The number of methoxy groups -OCH3 is 1. The highest BCUT2D eigenvalue weighted by Crippen LogP contribution is 2.26. The molecule has 0 aliphatic carbocycles. The van der Waals surface area contributed by atoms with Crippen LogP contribution in [-0.4, -0.2) is 29.4 Å². The number of amides is 1. The largest absolute Gasteiger partial charge is 0.497 e. The van der Waals surface area contributed by atoms with E-state index in [0.29, 0.717) is 12.2 Å². The molecule has 0 saturated heterocycles. The van der Waals surface area contributed by atoms with Gasteiger partial charge in [-0.1, -0.05) is 22.0 Å². The van der Waals surface area contributed by atoms with E-state index in [1.807, 2.05) is 41.3 Å². The molecule has 0 unspecified atom stereocenters. The van der Waals surface area contributed by atoms with Crippen molar-refractivity contribution in [1.29, 1.82) is 0 Å². The highest BCUT2D eigenvalue weighted by Gasteiger charge is 2.23. The fourth-order valence-electron chi connectivity index (χ4n) is 3.22. The van der Waals surface area contributed by atoms with E-state index < -0.39 is 0 Å². The lowest BCUT2D eigenvalue weighted by atomic mass is 9.99. The molecule has 1 aliphatic heterocycles. The molecule has 2 aromatic carbocycles. The molecule has 1 amide bonds. The Kier molecular flexibility index (Phi) is 3.81. The SMILES string of the molecule is COc1ccc2c(c1)CN(C(=O)c1cc3cc(Br)ccc3[nH]1)CC2. The van der Waals surface area contributed by atoms with E-state index in [0.717, 1.165) is 39.7 Å². The summed E-state index contributed by atoms with van der Waals surface area (Å²) >= 11 is 3.47. The number of carbonyl (C=O) groups excluding carboxylic acids is 1. The van der Waals surface area contributed by atoms with Crippen LogP contribution in [-0.2, 0) is 13.0 Å². The molecule has 2 heterocycles. The Hall–Kier alpha value is -2.27. The van der Waals surface area contributed by atoms with E-state index in [1.54, 1.807) is 7.11 Å². The molecule has 24 heavy (non-hydrogen) atoms. The number of rotatable bonds is 2. The molecule has 0 spiro atoms. The summed E-state index contributed by atoms with van der Waals surface area (Å²) in [7, 11) is 1.66. The van der Waals surface area contributed by atoms with Crippen molar-refractivity contribution in [3.05, 3.63) is 63.8 Å². The zero-order chi connectivity index (χ0) is 16.7. The predicted octanol–water partition coefficient (Wildman–Crippen LogP) is 4.14. The van der Waals surface area contributed by atoms with Crippen molar-refractivity contribution < 1.29 is 9.53 Å². The number of fused-ring (bicyclic) bond motifs is 2. The number of nitrogens with zero attached hydrogens (tertiary/aromatic N) is 1. The van der Waals surface area contributed by atoms with Gasteiger partial charge in [0.25, 0.3) is 5.91 Å². The molecule has 0 bridgehead atoms. The first-order chi connectivity index (χ1) is 11.6. The summed E-state index contributed by atoms with van der Waals surface area (Å²) in [6.45, 7) is 1.35. The van der Waals surface area contributed by atoms with Crippen LogP contribution in [0.5, 0.6) is 5.75 Å². The van der Waals surface area contributed by atoms with E-state index >= 15 is 0 Å². The third kappa shape index (κ3) is 2.69. The Morgan fingerprint density at radius 3 is 2.88 bits per heavy atom. The number of hydrogen-bond acceptors (Lipinski definition) is 2. The second-order valence-corrected chi connectivity index (χ2v) is 6.94. The molecule has 5 heteroatoms. The molecule has 1 aliphatic rings. The first-order valence-corrected chi connectivity index (χ1v) is 8.67. The second-order valence-electron chi connectivity index (χ2n) is 6.03. The zero-order valence-electron chi connectivity index (χ0n) is 13.3. The van der Waals surface area contributed by atoms with Crippen molar-refractivity contribution in [2.24, 2.45) is 0 Å². The number of carbonyl (C=O) groups is 1. The Morgan fingerprint density at radius 1 is 1.17 bits per heavy atom. The maximum absolute atomic E-state index is 12.9. The van der Waals surface area contributed by atoms with Crippen molar-refractivity contribution in [2.45, 2.75) is 13.0 Å². The number of hydrogen-bond donors (Lipinski definition) is 1. The van der Waals surface area contributed by atoms with Crippen LogP contribution < -0.4 is 4.74 Å². The number of nitrogens with one attached hydrogen (secondary N) is 1. The maximum Gasteiger partial charge on any atom is 0.270 e. The number of benzene rings is 2. The van der Waals surface area contributed by atoms with Gasteiger partial charge in [0, 0.05) is 28.5 Å². The minimum absolute atomic E-state index is 0.0378. The van der Waals surface area contributed by atoms with Gasteiger partial charge < -0.3 is 14.6 Å². The van der Waals surface area contributed by atoms with Gasteiger partial charge in [-0.05, 0) is 53.9 Å². The van der Waals surface area contributed by atoms with Gasteiger partial charge in [0.1, 0.15) is 11.4 Å². The summed E-state index contributed by atoms with van der Waals surface area (Å²) in [6, 6.07) is 14.0. The Balaban J connectivity index is 1.62. The van der Waals surface area contributed by atoms with Crippen LogP contribution in [0.1, 0.15) is 21.6 Å². The number of H-pyrrole nitrogens is 1. The smallest absolute Gasteiger partial charge is 0.270 e. The van der Waals surface area contributed by atoms with Crippen molar-refractivity contribution in [2.75, 3.05) is 13.7 Å². The topological polar surface area (TPSA) is 45.3 Å². The van der Waals surface area contributed by atoms with Gasteiger partial charge in [-0.25, -0.2) is 0 Å². The van der Waals surface area contributed by atoms with Crippen LogP contribution in [0.3, 0.4) is 0 Å². The normalized spacial score (nSPS) is 13.8. The summed E-state index contributed by atoms with van der Waals surface area (Å²) in [5.41, 5.74) is 4.06. The minimum atomic E-state index is 0.0378. The summed E-state index contributed by atoms with van der Waals surface area (Å²) in [6.07, 6.45) is 0.872. The summed E-state index contributed by atoms with van der Waals surface area (Å²) in [5.74, 6) is 0.870. The van der Waals surface area contributed by atoms with Crippen molar-refractivity contribution >= 4 is 32.7 Å². The highest BCUT2D eigenvalue weighted by atomic mass is 79.9. The van der Waals surface area contributed by atoms with Gasteiger partial charge in [0.15, 0.2) is 0 Å². The fourth-order valence-corrected chi connectivity index (χ4v) is 3.60. The molecule has 4 nitrogen and oxygen atoms in total. The van der Waals surface area contributed by atoms with Gasteiger partial charge >= 0.3 is 0 Å². The van der Waals surface area contributed by atoms with Crippen molar-refractivity contribution in [3.8, 4) is 5.75 Å². The summed E-state index contributed by atoms with van der Waals surface area (Å²) in [5, 5.41) is 1.03. The van der Waals surface area contributed by atoms with E-state index in [2.05, 4.69) is 27.0 Å². The molecule has 3 aromatic rings. The molecule has 1 N–H and O–H groups in total. The standard InChI is InChI=1S/C19H17BrN2O2/c1-24-16-4-2-12-6-7-22(11-14(12)9-16)19(23)18-10-13-8-15(20)3-5-17(13)21-18/h2-5,8-10,21H,6-7,11H2,1H3. The summed E-state index contributed by atoms with van der Waals surface area (Å²) in [4.78, 5) is 18.0. The highest BCUT2D eigenvalue weighted by molar-refractivity contribution is 9.10. The predicted molar refractivity (Wildman–Crippen MR) is 97.4 cm³/mol. The van der Waals surface area contributed by atoms with Gasteiger partial charge in [0.05, 0.1) is 7.11 Å². The number of ether oxygens (including phenoxy) is 1. The van der Waals surface area contributed by atoms with Crippen LogP contribution in [0.15, 0.2) is 46.9 Å². The zero-order valence-corrected chi connectivity index (χ0v) is 14.9. The molecule has 0 radical (unpaired) electrons. The van der Waals surface area contributed by atoms with Crippen LogP contribution in [0, 0.1) is 0 Å². The first-order valence-electron chi connectivity index (χ1n) is 7.87. The van der Waals surface area contributed by atoms with Gasteiger partial charge in [-0.2, -0.15) is 0 Å². The van der Waals surface area contributed by atoms with Gasteiger partial charge in [0.2, 0.25) is 0 Å². The molecular weight excluding hydrogens is 368 g/mol. The van der Waals surface area contributed by atoms with Crippen LogP contribution in [0.2, 0.25) is 0 Å². The Morgan fingerprint density at radius 2 is 2.04 bits per heavy atom. The Labute approximate surface area is 148 Å². The molecule has 0 fully saturated rings. The fraction of sp³-hybridized carbons (Fsp3) is 0.211. The monoisotopic (exact) mass is 384 g/mol. The van der Waals surface area contributed by atoms with Crippen molar-refractivity contribution in [1.82, 2.24) is 9.88 Å². The van der Waals surface area contributed by atoms with Crippen LogP contribution in [0.4, 0.5) is 0 Å². The molecule has 0 atom stereocenters. The number of aromatic amines is 1. The first kappa shape index (κ1) is 15.3. The average Bonchev–Trinajstić information content (AvgIpc) is 3.03. The molecule has 122 valence electrons. The van der Waals surface area contributed by atoms with E-state index in [9.17, 15) is 4.79 Å². The average molecular weight is 385 g/mol. The third-order valence-corrected chi connectivity index (χ3v) is 5.02. The molecule has 0 saturated carbocycles. The van der Waals surface area contributed by atoms with Crippen molar-refractivity contribution in [3.63, 3.8) is 0 Å². The van der Waals surface area contributed by atoms with E-state index in [1.165, 1.54) is 5.56 Å². The van der Waals surface area contributed by atoms with E-state index in [4.69, 9.17) is 4.74 Å². The quantitative estimate of drug-likeness (QED) is 0.721. The summed E-state index contributed by atoms with van der Waals surface area (Å²) < 4.78 is 6.30. The lowest BCUT2D eigenvalue weighted by Crippen LogP contribution is -2.36. The maximum atomic E-state index is 12.9. The Bertz CT molecular complexity index is 932. The number of aromatic nitrogens is 1. The van der Waals surface area contributed by atoms with Gasteiger partial charge in [-0.3, -0.25) is 4.79 Å².